The number of aryl methyl sites for hydroxylation is 1. The quantitative estimate of drug-likeness (QED) is 0.682. The van der Waals surface area contributed by atoms with Gasteiger partial charge < -0.3 is 14.6 Å². The molecule has 1 aliphatic carbocycles. The molecule has 18 heavy (non-hydrogen) atoms. The van der Waals surface area contributed by atoms with Crippen LogP contribution in [0.15, 0.2) is 18.5 Å². The van der Waals surface area contributed by atoms with E-state index in [-0.39, 0.29) is 0 Å². The predicted octanol–water partition coefficient (Wildman–Crippen LogP) is 2.98. The topological polar surface area (TPSA) is 26.2 Å². The minimum atomic E-state index is 0.572. The maximum atomic E-state index is 5.37. The van der Waals surface area contributed by atoms with E-state index in [0.29, 0.717) is 6.04 Å². The molecule has 0 aromatic carbocycles. The molecule has 1 saturated carbocycles. The first-order chi connectivity index (χ1) is 8.85. The normalized spacial score (nSPS) is 17.0. The number of ether oxygens (including phenoxy) is 1. The lowest BCUT2D eigenvalue weighted by atomic mass is 10.1. The zero-order valence-corrected chi connectivity index (χ0v) is 11.7. The summed E-state index contributed by atoms with van der Waals surface area (Å²) in [5, 5.41) is 3.61. The average Bonchev–Trinajstić information content (AvgIpc) is 3.11. The SMILES string of the molecule is CCNC(c1ccn(CCCOCC)c1)C1CC1. The van der Waals surface area contributed by atoms with Gasteiger partial charge in [-0.05, 0) is 50.3 Å². The van der Waals surface area contributed by atoms with Gasteiger partial charge in [0.25, 0.3) is 0 Å². The Morgan fingerprint density at radius 1 is 1.44 bits per heavy atom. The van der Waals surface area contributed by atoms with Crippen LogP contribution in [-0.4, -0.2) is 24.3 Å². The molecular formula is C15H26N2O. The van der Waals surface area contributed by atoms with Crippen molar-refractivity contribution in [3.05, 3.63) is 24.0 Å². The Morgan fingerprint density at radius 2 is 2.28 bits per heavy atom. The van der Waals surface area contributed by atoms with Gasteiger partial charge in [0.1, 0.15) is 0 Å². The first-order valence-electron chi connectivity index (χ1n) is 7.32. The van der Waals surface area contributed by atoms with Crippen molar-refractivity contribution in [2.75, 3.05) is 19.8 Å². The van der Waals surface area contributed by atoms with Gasteiger partial charge in [0, 0.05) is 38.2 Å². The molecule has 3 heteroatoms. The van der Waals surface area contributed by atoms with Crippen LogP contribution in [0.4, 0.5) is 0 Å². The summed E-state index contributed by atoms with van der Waals surface area (Å²) in [6, 6.07) is 2.84. The average molecular weight is 250 g/mol. The highest BCUT2D eigenvalue weighted by Gasteiger charge is 2.31. The predicted molar refractivity (Wildman–Crippen MR) is 74.7 cm³/mol. The van der Waals surface area contributed by atoms with Gasteiger partial charge in [-0.2, -0.15) is 0 Å². The molecule has 0 aliphatic heterocycles. The first kappa shape index (κ1) is 13.6. The molecule has 0 spiro atoms. The first-order valence-corrected chi connectivity index (χ1v) is 7.32. The van der Waals surface area contributed by atoms with Crippen molar-refractivity contribution in [2.45, 2.75) is 45.7 Å². The van der Waals surface area contributed by atoms with Crippen LogP contribution < -0.4 is 5.32 Å². The van der Waals surface area contributed by atoms with Crippen molar-refractivity contribution >= 4 is 0 Å². The molecule has 1 heterocycles. The van der Waals surface area contributed by atoms with E-state index < -0.39 is 0 Å². The summed E-state index contributed by atoms with van der Waals surface area (Å²) in [5.41, 5.74) is 1.45. The highest BCUT2D eigenvalue weighted by atomic mass is 16.5. The lowest BCUT2D eigenvalue weighted by molar-refractivity contribution is 0.141. The Labute approximate surface area is 111 Å². The van der Waals surface area contributed by atoms with Gasteiger partial charge in [-0.25, -0.2) is 0 Å². The highest BCUT2D eigenvalue weighted by molar-refractivity contribution is 5.18. The Bertz CT molecular complexity index is 344. The van der Waals surface area contributed by atoms with Gasteiger partial charge in [0.15, 0.2) is 0 Å². The van der Waals surface area contributed by atoms with Crippen LogP contribution in [0.1, 0.15) is 44.7 Å². The molecule has 1 N–H and O–H groups in total. The minimum Gasteiger partial charge on any atom is -0.382 e. The van der Waals surface area contributed by atoms with E-state index in [9.17, 15) is 0 Å². The lowest BCUT2D eigenvalue weighted by Gasteiger charge is -2.15. The van der Waals surface area contributed by atoms with Crippen LogP contribution in [-0.2, 0) is 11.3 Å². The number of aromatic nitrogens is 1. The molecule has 0 amide bonds. The van der Waals surface area contributed by atoms with Crippen LogP contribution in [0.2, 0.25) is 0 Å². The van der Waals surface area contributed by atoms with E-state index in [1.807, 2.05) is 6.92 Å². The summed E-state index contributed by atoms with van der Waals surface area (Å²) in [4.78, 5) is 0. The molecule has 1 fully saturated rings. The van der Waals surface area contributed by atoms with Crippen molar-refractivity contribution in [1.29, 1.82) is 0 Å². The molecule has 1 unspecified atom stereocenters. The molecule has 1 aliphatic rings. The Hall–Kier alpha value is -0.800. The smallest absolute Gasteiger partial charge is 0.0482 e. The molecule has 1 aromatic rings. The van der Waals surface area contributed by atoms with E-state index in [2.05, 4.69) is 35.3 Å². The second-order valence-electron chi connectivity index (χ2n) is 5.11. The largest absolute Gasteiger partial charge is 0.382 e. The fourth-order valence-electron chi connectivity index (χ4n) is 2.48. The van der Waals surface area contributed by atoms with Crippen LogP contribution >= 0.6 is 0 Å². The van der Waals surface area contributed by atoms with Crippen molar-refractivity contribution in [3.63, 3.8) is 0 Å². The van der Waals surface area contributed by atoms with Crippen molar-refractivity contribution in [3.8, 4) is 0 Å². The van der Waals surface area contributed by atoms with Crippen LogP contribution in [0.5, 0.6) is 0 Å². The highest BCUT2D eigenvalue weighted by Crippen LogP contribution is 2.40. The van der Waals surface area contributed by atoms with Crippen LogP contribution in [0.25, 0.3) is 0 Å². The van der Waals surface area contributed by atoms with Gasteiger partial charge in [-0.15, -0.1) is 0 Å². The summed E-state index contributed by atoms with van der Waals surface area (Å²) in [6.45, 7) is 8.03. The third kappa shape index (κ3) is 3.85. The molecule has 2 rings (SSSR count). The van der Waals surface area contributed by atoms with E-state index in [4.69, 9.17) is 4.74 Å². The molecule has 3 nitrogen and oxygen atoms in total. The van der Waals surface area contributed by atoms with E-state index in [0.717, 1.165) is 38.6 Å². The molecule has 1 aromatic heterocycles. The molecule has 0 bridgehead atoms. The molecule has 0 radical (unpaired) electrons. The number of hydrogen-bond donors (Lipinski definition) is 1. The summed E-state index contributed by atoms with van der Waals surface area (Å²) in [5.74, 6) is 0.865. The maximum absolute atomic E-state index is 5.37. The van der Waals surface area contributed by atoms with Crippen molar-refractivity contribution in [2.24, 2.45) is 5.92 Å². The maximum Gasteiger partial charge on any atom is 0.0482 e. The summed E-state index contributed by atoms with van der Waals surface area (Å²) >= 11 is 0. The molecule has 102 valence electrons. The fraction of sp³-hybridized carbons (Fsp3) is 0.733. The Kier molecular flexibility index (Phi) is 5.26. The van der Waals surface area contributed by atoms with Gasteiger partial charge in [-0.1, -0.05) is 6.92 Å². The summed E-state index contributed by atoms with van der Waals surface area (Å²) in [7, 11) is 0. The zero-order valence-electron chi connectivity index (χ0n) is 11.7. The van der Waals surface area contributed by atoms with E-state index in [1.54, 1.807) is 0 Å². The number of rotatable bonds is 9. The second-order valence-corrected chi connectivity index (χ2v) is 5.11. The zero-order chi connectivity index (χ0) is 12.8. The molecular weight excluding hydrogens is 224 g/mol. The molecule has 0 saturated heterocycles. The standard InChI is InChI=1S/C15H26N2O/c1-3-16-15(13-6-7-13)14-8-10-17(12-14)9-5-11-18-4-2/h8,10,12-13,15-16H,3-7,9,11H2,1-2H3. The van der Waals surface area contributed by atoms with E-state index >= 15 is 0 Å². The van der Waals surface area contributed by atoms with Gasteiger partial charge >= 0.3 is 0 Å². The fourth-order valence-corrected chi connectivity index (χ4v) is 2.48. The molecule has 1 atom stereocenters. The lowest BCUT2D eigenvalue weighted by Crippen LogP contribution is -2.22. The summed E-state index contributed by atoms with van der Waals surface area (Å²) < 4.78 is 7.66. The summed E-state index contributed by atoms with van der Waals surface area (Å²) in [6.07, 6.45) is 8.36. The minimum absolute atomic E-state index is 0.572. The Morgan fingerprint density at radius 3 is 2.94 bits per heavy atom. The van der Waals surface area contributed by atoms with Gasteiger partial charge in [-0.3, -0.25) is 0 Å². The number of nitrogens with one attached hydrogen (secondary N) is 1. The van der Waals surface area contributed by atoms with Gasteiger partial charge in [0.05, 0.1) is 0 Å². The van der Waals surface area contributed by atoms with Gasteiger partial charge in [0.2, 0.25) is 0 Å². The van der Waals surface area contributed by atoms with E-state index in [1.165, 1.54) is 18.4 Å². The monoisotopic (exact) mass is 250 g/mol. The Balaban J connectivity index is 1.83. The number of hydrogen-bond acceptors (Lipinski definition) is 2. The second kappa shape index (κ2) is 6.95. The third-order valence-electron chi connectivity index (χ3n) is 3.56. The number of nitrogens with zero attached hydrogens (tertiary/aromatic N) is 1. The van der Waals surface area contributed by atoms with Crippen molar-refractivity contribution < 1.29 is 4.74 Å². The van der Waals surface area contributed by atoms with Crippen molar-refractivity contribution in [1.82, 2.24) is 9.88 Å². The third-order valence-corrected chi connectivity index (χ3v) is 3.56. The van der Waals surface area contributed by atoms with Crippen LogP contribution in [0.3, 0.4) is 0 Å². The van der Waals surface area contributed by atoms with Crippen LogP contribution in [0, 0.1) is 5.92 Å².